The molecule has 2 N–H and O–H groups in total. The Hall–Kier alpha value is -1.00. The summed E-state index contributed by atoms with van der Waals surface area (Å²) in [5.41, 5.74) is 1.26. The monoisotopic (exact) mass is 280 g/mol. The number of benzene rings is 1. The second-order valence-electron chi connectivity index (χ2n) is 4.58. The number of thioether (sulfide) groups is 1. The summed E-state index contributed by atoms with van der Waals surface area (Å²) in [4.78, 5) is 13.0. The van der Waals surface area contributed by atoms with Crippen LogP contribution in [0.25, 0.3) is 0 Å². The van der Waals surface area contributed by atoms with Crippen molar-refractivity contribution in [3.05, 3.63) is 29.8 Å². The van der Waals surface area contributed by atoms with E-state index in [1.54, 1.807) is 11.8 Å². The first-order valence-corrected chi connectivity index (χ1v) is 7.73. The Morgan fingerprint density at radius 1 is 1.32 bits per heavy atom. The maximum atomic E-state index is 11.8. The summed E-state index contributed by atoms with van der Waals surface area (Å²) in [5, 5.41) is 6.04. The van der Waals surface area contributed by atoms with Crippen LogP contribution in [0.5, 0.6) is 0 Å². The summed E-state index contributed by atoms with van der Waals surface area (Å²) in [7, 11) is 1.94. The lowest BCUT2D eigenvalue weighted by Gasteiger charge is -2.12. The lowest BCUT2D eigenvalue weighted by molar-refractivity contribution is -0.120. The van der Waals surface area contributed by atoms with Gasteiger partial charge in [-0.2, -0.15) is 0 Å². The summed E-state index contributed by atoms with van der Waals surface area (Å²) in [6, 6.07) is 8.35. The van der Waals surface area contributed by atoms with Crippen molar-refractivity contribution in [2.45, 2.75) is 43.4 Å². The van der Waals surface area contributed by atoms with Crippen molar-refractivity contribution in [2.24, 2.45) is 0 Å². The molecule has 0 spiro atoms. The standard InChI is InChI=1S/C15H24N2OS/c1-4-5-10-17-15(18)12(2)19-14-8-6-13(7-9-14)11-16-3/h6-9,12,16H,4-5,10-11H2,1-3H3,(H,17,18). The van der Waals surface area contributed by atoms with Crippen LogP contribution in [0, 0.1) is 0 Å². The van der Waals surface area contributed by atoms with Gasteiger partial charge in [0.25, 0.3) is 0 Å². The van der Waals surface area contributed by atoms with Crippen molar-refractivity contribution >= 4 is 17.7 Å². The summed E-state index contributed by atoms with van der Waals surface area (Å²) in [5.74, 6) is 0.123. The molecule has 0 heterocycles. The predicted molar refractivity (Wildman–Crippen MR) is 82.4 cm³/mol. The molecule has 0 fully saturated rings. The van der Waals surface area contributed by atoms with Gasteiger partial charge >= 0.3 is 0 Å². The highest BCUT2D eigenvalue weighted by atomic mass is 32.2. The molecule has 1 amide bonds. The van der Waals surface area contributed by atoms with Crippen LogP contribution < -0.4 is 10.6 Å². The lowest BCUT2D eigenvalue weighted by atomic mass is 10.2. The van der Waals surface area contributed by atoms with E-state index in [9.17, 15) is 4.79 Å². The largest absolute Gasteiger partial charge is 0.355 e. The molecule has 0 radical (unpaired) electrons. The highest BCUT2D eigenvalue weighted by Crippen LogP contribution is 2.23. The molecular formula is C15H24N2OS. The summed E-state index contributed by atoms with van der Waals surface area (Å²) < 4.78 is 0. The molecule has 1 atom stereocenters. The van der Waals surface area contributed by atoms with Crippen molar-refractivity contribution in [1.29, 1.82) is 0 Å². The number of rotatable bonds is 8. The first kappa shape index (κ1) is 16.1. The Morgan fingerprint density at radius 2 is 2.00 bits per heavy atom. The van der Waals surface area contributed by atoms with Crippen molar-refractivity contribution in [1.82, 2.24) is 10.6 Å². The Balaban J connectivity index is 2.42. The quantitative estimate of drug-likeness (QED) is 0.568. The zero-order chi connectivity index (χ0) is 14.1. The van der Waals surface area contributed by atoms with Gasteiger partial charge < -0.3 is 10.6 Å². The molecule has 3 nitrogen and oxygen atoms in total. The normalized spacial score (nSPS) is 12.2. The fourth-order valence-corrected chi connectivity index (χ4v) is 2.57. The predicted octanol–water partition coefficient (Wildman–Crippen LogP) is 2.80. The molecule has 0 aliphatic heterocycles. The minimum absolute atomic E-state index is 0.0491. The van der Waals surface area contributed by atoms with E-state index in [2.05, 4.69) is 41.8 Å². The molecule has 4 heteroatoms. The van der Waals surface area contributed by atoms with Crippen molar-refractivity contribution in [3.8, 4) is 0 Å². The SMILES string of the molecule is CCCCNC(=O)C(C)Sc1ccc(CNC)cc1. The van der Waals surface area contributed by atoms with Crippen LogP contribution in [-0.2, 0) is 11.3 Å². The van der Waals surface area contributed by atoms with Crippen molar-refractivity contribution in [3.63, 3.8) is 0 Å². The maximum Gasteiger partial charge on any atom is 0.233 e. The number of amides is 1. The molecule has 1 aromatic carbocycles. The highest BCUT2D eigenvalue weighted by Gasteiger charge is 2.13. The van der Waals surface area contributed by atoms with E-state index < -0.39 is 0 Å². The molecule has 1 rings (SSSR count). The van der Waals surface area contributed by atoms with Gasteiger partial charge in [-0.25, -0.2) is 0 Å². The lowest BCUT2D eigenvalue weighted by Crippen LogP contribution is -2.31. The smallest absolute Gasteiger partial charge is 0.233 e. The third-order valence-electron chi connectivity index (χ3n) is 2.82. The van der Waals surface area contributed by atoms with Crippen LogP contribution in [-0.4, -0.2) is 24.7 Å². The first-order chi connectivity index (χ1) is 9.17. The van der Waals surface area contributed by atoms with Gasteiger partial charge in [-0.3, -0.25) is 4.79 Å². The number of unbranched alkanes of at least 4 members (excludes halogenated alkanes) is 1. The molecule has 0 saturated heterocycles. The molecule has 19 heavy (non-hydrogen) atoms. The summed E-state index contributed by atoms with van der Waals surface area (Å²) in [6.45, 7) is 5.73. The second kappa shape index (κ2) is 8.99. The third-order valence-corrected chi connectivity index (χ3v) is 3.93. The van der Waals surface area contributed by atoms with Gasteiger partial charge in [0.2, 0.25) is 5.91 Å². The molecule has 106 valence electrons. The van der Waals surface area contributed by atoms with Crippen LogP contribution in [0.15, 0.2) is 29.2 Å². The van der Waals surface area contributed by atoms with Crippen LogP contribution in [0.2, 0.25) is 0 Å². The summed E-state index contributed by atoms with van der Waals surface area (Å²) in [6.07, 6.45) is 2.15. The van der Waals surface area contributed by atoms with Gasteiger partial charge in [0.05, 0.1) is 5.25 Å². The Kier molecular flexibility index (Phi) is 7.60. The van der Waals surface area contributed by atoms with Gasteiger partial charge in [0.15, 0.2) is 0 Å². The first-order valence-electron chi connectivity index (χ1n) is 6.85. The molecule has 0 bridgehead atoms. The maximum absolute atomic E-state index is 11.8. The topological polar surface area (TPSA) is 41.1 Å². The molecule has 0 aromatic heterocycles. The zero-order valence-electron chi connectivity index (χ0n) is 12.0. The number of carbonyl (C=O) groups excluding carboxylic acids is 1. The number of carbonyl (C=O) groups is 1. The molecule has 1 unspecified atom stereocenters. The van der Waals surface area contributed by atoms with Crippen molar-refractivity contribution in [2.75, 3.05) is 13.6 Å². The second-order valence-corrected chi connectivity index (χ2v) is 5.99. The zero-order valence-corrected chi connectivity index (χ0v) is 12.8. The van der Waals surface area contributed by atoms with Gasteiger partial charge in [-0.15, -0.1) is 11.8 Å². The minimum atomic E-state index is -0.0491. The highest BCUT2D eigenvalue weighted by molar-refractivity contribution is 8.00. The van der Waals surface area contributed by atoms with Crippen molar-refractivity contribution < 1.29 is 4.79 Å². The van der Waals surface area contributed by atoms with Gasteiger partial charge in [-0.1, -0.05) is 25.5 Å². The Morgan fingerprint density at radius 3 is 2.58 bits per heavy atom. The average molecular weight is 280 g/mol. The van der Waals surface area contributed by atoms with E-state index in [4.69, 9.17) is 0 Å². The molecule has 1 aromatic rings. The van der Waals surface area contributed by atoms with Gasteiger partial charge in [0.1, 0.15) is 0 Å². The van der Waals surface area contributed by atoms with Crippen LogP contribution in [0.3, 0.4) is 0 Å². The van der Waals surface area contributed by atoms with Gasteiger partial charge in [0, 0.05) is 18.0 Å². The van der Waals surface area contributed by atoms with E-state index in [1.165, 1.54) is 5.56 Å². The van der Waals surface area contributed by atoms with E-state index in [1.807, 2.05) is 14.0 Å². The van der Waals surface area contributed by atoms with E-state index in [0.717, 1.165) is 30.8 Å². The molecule has 0 aliphatic rings. The number of nitrogens with one attached hydrogen (secondary N) is 2. The average Bonchev–Trinajstić information content (AvgIpc) is 2.41. The van der Waals surface area contributed by atoms with Gasteiger partial charge in [-0.05, 0) is 38.1 Å². The molecule has 0 saturated carbocycles. The minimum Gasteiger partial charge on any atom is -0.355 e. The van der Waals surface area contributed by atoms with Crippen LogP contribution in [0.4, 0.5) is 0 Å². The van der Waals surface area contributed by atoms with Crippen LogP contribution >= 0.6 is 11.8 Å². The third kappa shape index (κ3) is 6.12. The fourth-order valence-electron chi connectivity index (χ4n) is 1.68. The molecule has 0 aliphatic carbocycles. The number of hydrogen-bond acceptors (Lipinski definition) is 3. The van der Waals surface area contributed by atoms with Crippen LogP contribution in [0.1, 0.15) is 32.3 Å². The van der Waals surface area contributed by atoms with E-state index in [0.29, 0.717) is 0 Å². The fraction of sp³-hybridized carbons (Fsp3) is 0.533. The Labute approximate surface area is 120 Å². The molecular weight excluding hydrogens is 256 g/mol. The summed E-state index contributed by atoms with van der Waals surface area (Å²) >= 11 is 1.60. The Bertz CT molecular complexity index is 378. The van der Waals surface area contributed by atoms with E-state index in [-0.39, 0.29) is 11.2 Å². The number of hydrogen-bond donors (Lipinski definition) is 2. The van der Waals surface area contributed by atoms with E-state index >= 15 is 0 Å².